The van der Waals surface area contributed by atoms with Gasteiger partial charge >= 0.3 is 0 Å². The van der Waals surface area contributed by atoms with Crippen LogP contribution >= 0.6 is 12.4 Å². The van der Waals surface area contributed by atoms with E-state index in [0.717, 1.165) is 28.8 Å². The largest absolute Gasteiger partial charge is 0.344 e. The second-order valence-electron chi connectivity index (χ2n) is 7.63. The van der Waals surface area contributed by atoms with Crippen molar-refractivity contribution in [2.24, 2.45) is 5.92 Å². The number of hydrogen-bond donors (Lipinski definition) is 1. The Bertz CT molecular complexity index is 777. The van der Waals surface area contributed by atoms with Crippen molar-refractivity contribution in [2.45, 2.75) is 45.4 Å². The van der Waals surface area contributed by atoms with Gasteiger partial charge < -0.3 is 10.2 Å². The van der Waals surface area contributed by atoms with Crippen molar-refractivity contribution < 1.29 is 13.2 Å². The van der Waals surface area contributed by atoms with Crippen LogP contribution < -0.4 is 5.32 Å². The molecule has 0 unspecified atom stereocenters. The second-order valence-corrected chi connectivity index (χ2v) is 9.51. The molecule has 0 aliphatic carbocycles. The van der Waals surface area contributed by atoms with Gasteiger partial charge in [0, 0.05) is 39.1 Å². The van der Waals surface area contributed by atoms with Crippen molar-refractivity contribution in [1.29, 1.82) is 0 Å². The van der Waals surface area contributed by atoms with Crippen LogP contribution in [-0.4, -0.2) is 63.8 Å². The van der Waals surface area contributed by atoms with Crippen LogP contribution in [0.4, 0.5) is 0 Å². The van der Waals surface area contributed by atoms with Crippen molar-refractivity contribution in [3.63, 3.8) is 0 Å². The normalized spacial score (nSPS) is 15.9. The molecule has 2 rings (SSSR count). The predicted octanol–water partition coefficient (Wildman–Crippen LogP) is 2.42. The van der Waals surface area contributed by atoms with Gasteiger partial charge in [0.1, 0.15) is 0 Å². The maximum Gasteiger partial charge on any atom is 0.243 e. The van der Waals surface area contributed by atoms with Crippen molar-refractivity contribution in [3.8, 4) is 0 Å². The first-order valence-corrected chi connectivity index (χ1v) is 11.0. The average Bonchev–Trinajstić information content (AvgIpc) is 2.64. The molecular formula is C20H34ClN3O3S. The lowest BCUT2D eigenvalue weighted by molar-refractivity contribution is -0.135. The highest BCUT2D eigenvalue weighted by molar-refractivity contribution is 7.89. The van der Waals surface area contributed by atoms with E-state index in [-0.39, 0.29) is 24.2 Å². The number of carbonyl (C=O) groups excluding carboxylic acids is 1. The molecule has 1 aliphatic rings. The number of amides is 1. The summed E-state index contributed by atoms with van der Waals surface area (Å²) in [5.41, 5.74) is 3.63. The van der Waals surface area contributed by atoms with Crippen molar-refractivity contribution in [1.82, 2.24) is 14.5 Å². The fourth-order valence-electron chi connectivity index (χ4n) is 3.74. The molecule has 28 heavy (non-hydrogen) atoms. The molecule has 0 radical (unpaired) electrons. The van der Waals surface area contributed by atoms with Gasteiger partial charge in [0.15, 0.2) is 0 Å². The van der Waals surface area contributed by atoms with Crippen LogP contribution in [0.1, 0.15) is 35.1 Å². The van der Waals surface area contributed by atoms with E-state index in [0.29, 0.717) is 37.4 Å². The quantitative estimate of drug-likeness (QED) is 0.750. The minimum Gasteiger partial charge on any atom is -0.344 e. The molecule has 1 amide bonds. The molecule has 1 N–H and O–H groups in total. The number of aryl methyl sites for hydroxylation is 2. The molecular weight excluding hydrogens is 398 g/mol. The Morgan fingerprint density at radius 2 is 1.64 bits per heavy atom. The molecule has 0 spiro atoms. The molecule has 0 atom stereocenters. The zero-order chi connectivity index (χ0) is 20.4. The van der Waals surface area contributed by atoms with E-state index >= 15 is 0 Å². The molecule has 6 nitrogen and oxygen atoms in total. The zero-order valence-corrected chi connectivity index (χ0v) is 19.5. The van der Waals surface area contributed by atoms with Crippen LogP contribution in [0.2, 0.25) is 0 Å². The lowest BCUT2D eigenvalue weighted by Crippen LogP contribution is -2.44. The summed E-state index contributed by atoms with van der Waals surface area (Å²) in [6, 6.07) is 2.04. The summed E-state index contributed by atoms with van der Waals surface area (Å²) in [6.45, 7) is 9.85. The topological polar surface area (TPSA) is 69.7 Å². The van der Waals surface area contributed by atoms with Gasteiger partial charge in [0.2, 0.25) is 15.9 Å². The van der Waals surface area contributed by atoms with Crippen molar-refractivity contribution >= 4 is 28.3 Å². The number of nitrogens with zero attached hydrogens (tertiary/aromatic N) is 2. The average molecular weight is 432 g/mol. The van der Waals surface area contributed by atoms with E-state index in [9.17, 15) is 13.2 Å². The first-order valence-electron chi connectivity index (χ1n) is 9.58. The molecule has 1 fully saturated rings. The second kappa shape index (κ2) is 10.1. The van der Waals surface area contributed by atoms with Gasteiger partial charge in [-0.3, -0.25) is 4.79 Å². The zero-order valence-electron chi connectivity index (χ0n) is 17.8. The summed E-state index contributed by atoms with van der Waals surface area (Å²) in [5.74, 6) is 0.0146. The summed E-state index contributed by atoms with van der Waals surface area (Å²) in [4.78, 5) is 14.7. The maximum absolute atomic E-state index is 13.3. The molecule has 1 saturated heterocycles. The number of halogens is 1. The Balaban J connectivity index is 0.00000392. The van der Waals surface area contributed by atoms with Gasteiger partial charge in [-0.15, -0.1) is 12.4 Å². The van der Waals surface area contributed by atoms with Crippen LogP contribution in [0.15, 0.2) is 11.0 Å². The molecule has 0 bridgehead atoms. The molecule has 0 aromatic heterocycles. The smallest absolute Gasteiger partial charge is 0.243 e. The fraction of sp³-hybridized carbons (Fsp3) is 0.650. The Hall–Kier alpha value is -1.15. The Morgan fingerprint density at radius 3 is 2.11 bits per heavy atom. The van der Waals surface area contributed by atoms with Gasteiger partial charge in [-0.2, -0.15) is 4.31 Å². The number of likely N-dealkylation sites (N-methyl/N-ethyl adjacent to an activating group) is 2. The molecule has 1 aromatic carbocycles. The standard InChI is InChI=1S/C20H33N3O3S.ClH/c1-14-13-15(2)17(4)19(16(14)3)27(25,26)23-10-7-18(8-11-23)20(24)22(6)12-9-21-5;/h13,18,21H,7-12H2,1-6H3;1H. The van der Waals surface area contributed by atoms with E-state index in [1.165, 1.54) is 0 Å². The third-order valence-corrected chi connectivity index (χ3v) is 7.94. The molecule has 160 valence electrons. The SMILES string of the molecule is CNCCN(C)C(=O)C1CCN(S(=O)(=O)c2c(C)c(C)cc(C)c2C)CC1.Cl. The predicted molar refractivity (Wildman–Crippen MR) is 116 cm³/mol. The van der Waals surface area contributed by atoms with E-state index in [4.69, 9.17) is 0 Å². The number of piperidine rings is 1. The minimum absolute atomic E-state index is 0. The first-order chi connectivity index (χ1) is 12.6. The first kappa shape index (κ1) is 24.9. The van der Waals surface area contributed by atoms with Crippen LogP contribution in [0.3, 0.4) is 0 Å². The van der Waals surface area contributed by atoms with Crippen LogP contribution in [0, 0.1) is 33.6 Å². The summed E-state index contributed by atoms with van der Waals surface area (Å²) in [5, 5.41) is 3.04. The van der Waals surface area contributed by atoms with Crippen LogP contribution in [0.5, 0.6) is 0 Å². The number of sulfonamides is 1. The number of carbonyl (C=O) groups is 1. The van der Waals surface area contributed by atoms with Gasteiger partial charge in [-0.1, -0.05) is 6.07 Å². The van der Waals surface area contributed by atoms with Gasteiger partial charge in [0.05, 0.1) is 4.90 Å². The fourth-order valence-corrected chi connectivity index (χ4v) is 5.79. The van der Waals surface area contributed by atoms with E-state index in [1.54, 1.807) is 9.21 Å². The van der Waals surface area contributed by atoms with Crippen molar-refractivity contribution in [2.75, 3.05) is 40.3 Å². The monoisotopic (exact) mass is 431 g/mol. The number of benzene rings is 1. The highest BCUT2D eigenvalue weighted by Gasteiger charge is 2.35. The Morgan fingerprint density at radius 1 is 1.14 bits per heavy atom. The number of nitrogens with one attached hydrogen (secondary N) is 1. The third-order valence-electron chi connectivity index (χ3n) is 5.77. The van der Waals surface area contributed by atoms with Gasteiger partial charge in [-0.25, -0.2) is 8.42 Å². The van der Waals surface area contributed by atoms with Crippen molar-refractivity contribution in [3.05, 3.63) is 28.3 Å². The maximum atomic E-state index is 13.3. The summed E-state index contributed by atoms with van der Waals surface area (Å²) < 4.78 is 28.2. The third kappa shape index (κ3) is 5.06. The minimum atomic E-state index is -3.55. The van der Waals surface area contributed by atoms with Crippen LogP contribution in [0.25, 0.3) is 0 Å². The summed E-state index contributed by atoms with van der Waals surface area (Å²) in [7, 11) is 0.117. The lowest BCUT2D eigenvalue weighted by atomic mass is 9.97. The van der Waals surface area contributed by atoms with E-state index < -0.39 is 10.0 Å². The summed E-state index contributed by atoms with van der Waals surface area (Å²) >= 11 is 0. The molecule has 1 aromatic rings. The lowest BCUT2D eigenvalue weighted by Gasteiger charge is -2.33. The number of rotatable bonds is 6. The van der Waals surface area contributed by atoms with Gasteiger partial charge in [-0.05, 0) is 69.8 Å². The highest BCUT2D eigenvalue weighted by atomic mass is 35.5. The summed E-state index contributed by atoms with van der Waals surface area (Å²) in [6.07, 6.45) is 1.15. The van der Waals surface area contributed by atoms with Crippen LogP contribution in [-0.2, 0) is 14.8 Å². The highest BCUT2D eigenvalue weighted by Crippen LogP contribution is 2.31. The van der Waals surface area contributed by atoms with Gasteiger partial charge in [0.25, 0.3) is 0 Å². The Kier molecular flexibility index (Phi) is 8.93. The van der Waals surface area contributed by atoms with E-state index in [2.05, 4.69) is 5.32 Å². The molecule has 0 saturated carbocycles. The molecule has 1 aliphatic heterocycles. The number of hydrogen-bond acceptors (Lipinski definition) is 4. The molecule has 8 heteroatoms. The van der Waals surface area contributed by atoms with E-state index in [1.807, 2.05) is 47.9 Å². The molecule has 1 heterocycles. The Labute approximate surface area is 176 Å².